The first kappa shape index (κ1) is 53.3. The van der Waals surface area contributed by atoms with Gasteiger partial charge in [-0.15, -0.1) is 24.8 Å². The SMILES string of the molecule is Cl.Cl.[Ca+2].[Cl-].[H-].[H-].[H-].[Li+].[Na+]. The van der Waals surface area contributed by atoms with Crippen LogP contribution in [0.3, 0.4) is 0 Å². The first-order valence-electron chi connectivity index (χ1n) is 0. The molecule has 0 aromatic rings. The van der Waals surface area contributed by atoms with Crippen LogP contribution in [-0.4, -0.2) is 37.7 Å². The predicted molar refractivity (Wildman–Crippen MR) is 23.6 cm³/mol. The maximum absolute atomic E-state index is 0. The number of halogens is 3. The third kappa shape index (κ3) is 25.2. The monoisotopic (exact) mass is 180 g/mol. The van der Waals surface area contributed by atoms with E-state index < -0.39 is 0 Å². The Balaban J connectivity index is 0. The summed E-state index contributed by atoms with van der Waals surface area (Å²) in [5.41, 5.74) is 0. The van der Waals surface area contributed by atoms with Crippen molar-refractivity contribution in [2.45, 2.75) is 0 Å². The summed E-state index contributed by atoms with van der Waals surface area (Å²) in [7, 11) is 0. The molecule has 0 rings (SSSR count). The molecule has 0 aliphatic carbocycles. The van der Waals surface area contributed by atoms with Crippen LogP contribution in [0, 0.1) is 0 Å². The van der Waals surface area contributed by atoms with Crippen molar-refractivity contribution in [2.75, 3.05) is 0 Å². The number of rotatable bonds is 0. The van der Waals surface area contributed by atoms with E-state index in [1.54, 1.807) is 0 Å². The molecule has 0 saturated heterocycles. The summed E-state index contributed by atoms with van der Waals surface area (Å²) in [5.74, 6) is 0. The number of hydrogen-bond acceptors (Lipinski definition) is 0. The molecule has 6 heavy (non-hydrogen) atoms. The van der Waals surface area contributed by atoms with Crippen LogP contribution in [0.5, 0.6) is 0 Å². The molecule has 0 aliphatic rings. The molecule has 30 valence electrons. The van der Waals surface area contributed by atoms with Gasteiger partial charge in [-0.05, 0) is 0 Å². The molecule has 0 aromatic carbocycles. The standard InChI is InChI=1S/Ca.3ClH.Li.Na.3H/h;3*1H;;;;;/q+2;;;;2*+1;3*-1/p-1. The second-order valence-corrected chi connectivity index (χ2v) is 0. The maximum atomic E-state index is 0. The van der Waals surface area contributed by atoms with Gasteiger partial charge < -0.3 is 16.7 Å². The minimum Gasteiger partial charge on any atom is -1.00 e. The first-order chi connectivity index (χ1) is 0. The summed E-state index contributed by atoms with van der Waals surface area (Å²) in [6, 6.07) is 0. The fraction of sp³-hybridized carbons (Fsp3) is 0. The van der Waals surface area contributed by atoms with Gasteiger partial charge in [0, 0.05) is 0 Å². The van der Waals surface area contributed by atoms with E-state index in [1.165, 1.54) is 0 Å². The van der Waals surface area contributed by atoms with Gasteiger partial charge in [0.1, 0.15) is 0 Å². The van der Waals surface area contributed by atoms with Gasteiger partial charge >= 0.3 is 86.2 Å². The van der Waals surface area contributed by atoms with Gasteiger partial charge in [0.15, 0.2) is 0 Å². The first-order valence-corrected chi connectivity index (χ1v) is 0. The Morgan fingerprint density at radius 1 is 1.00 bits per heavy atom. The van der Waals surface area contributed by atoms with Gasteiger partial charge in [-0.25, -0.2) is 0 Å². The van der Waals surface area contributed by atoms with E-state index in [9.17, 15) is 0 Å². The zero-order valence-corrected chi connectivity index (χ0v) is 10.5. The molecule has 0 fully saturated rings. The molecule has 6 heteroatoms. The van der Waals surface area contributed by atoms with Gasteiger partial charge in [0.25, 0.3) is 0 Å². The van der Waals surface area contributed by atoms with E-state index >= 15 is 0 Å². The predicted octanol–water partition coefficient (Wildman–Crippen LogP) is -8.19. The number of hydrogen-bond donors (Lipinski definition) is 0. The minimum atomic E-state index is 0. The van der Waals surface area contributed by atoms with Crippen LogP contribution >= 0.6 is 24.8 Å². The Morgan fingerprint density at radius 2 is 1.00 bits per heavy atom. The molecule has 0 spiro atoms. The largest absolute Gasteiger partial charge is 2.00 e. The van der Waals surface area contributed by atoms with Crippen molar-refractivity contribution in [3.63, 3.8) is 0 Å². The van der Waals surface area contributed by atoms with Crippen molar-refractivity contribution in [3.05, 3.63) is 0 Å². The van der Waals surface area contributed by atoms with E-state index in [1.807, 2.05) is 0 Å². The zero-order chi connectivity index (χ0) is 0. The van der Waals surface area contributed by atoms with Gasteiger partial charge in [-0.3, -0.25) is 0 Å². The third-order valence-corrected chi connectivity index (χ3v) is 0. The minimum absolute atomic E-state index is 0. The summed E-state index contributed by atoms with van der Waals surface area (Å²) >= 11 is 0. The molecular weight excluding hydrogens is 176 g/mol. The average Bonchev–Trinajstić information content (AvgIpc) is 0. The van der Waals surface area contributed by atoms with E-state index in [4.69, 9.17) is 0 Å². The fourth-order valence-electron chi connectivity index (χ4n) is 0. The van der Waals surface area contributed by atoms with Crippen molar-refractivity contribution in [2.24, 2.45) is 0 Å². The average molecular weight is 181 g/mol. The second kappa shape index (κ2) is 37.5. The van der Waals surface area contributed by atoms with Crippen LogP contribution in [0.4, 0.5) is 0 Å². The molecule has 0 nitrogen and oxygen atoms in total. The molecule has 0 unspecified atom stereocenters. The Bertz CT molecular complexity index is 19.0. The van der Waals surface area contributed by atoms with E-state index in [2.05, 4.69) is 0 Å². The molecule has 0 aromatic heterocycles. The quantitative estimate of drug-likeness (QED) is 0.326. The summed E-state index contributed by atoms with van der Waals surface area (Å²) in [4.78, 5) is 0. The molecule has 0 bridgehead atoms. The molecule has 0 amide bonds. The van der Waals surface area contributed by atoms with Crippen LogP contribution < -0.4 is 60.8 Å². The maximum Gasteiger partial charge on any atom is 2.00 e. The summed E-state index contributed by atoms with van der Waals surface area (Å²) < 4.78 is 0. The van der Waals surface area contributed by atoms with Crippen LogP contribution in [0.2, 0.25) is 0 Å². The summed E-state index contributed by atoms with van der Waals surface area (Å²) in [6.07, 6.45) is 0. The fourth-order valence-corrected chi connectivity index (χ4v) is 0. The second-order valence-electron chi connectivity index (χ2n) is 0. The van der Waals surface area contributed by atoms with Gasteiger partial charge in [-0.1, -0.05) is 0 Å². The Labute approximate surface area is 125 Å². The van der Waals surface area contributed by atoms with Crippen LogP contribution in [0.25, 0.3) is 0 Å². The van der Waals surface area contributed by atoms with Crippen molar-refractivity contribution < 1.29 is 65.1 Å². The van der Waals surface area contributed by atoms with Gasteiger partial charge in [0.2, 0.25) is 0 Å². The smallest absolute Gasteiger partial charge is 1.00 e. The van der Waals surface area contributed by atoms with E-state index in [-0.39, 0.29) is 128 Å². The van der Waals surface area contributed by atoms with Crippen molar-refractivity contribution in [3.8, 4) is 0 Å². The van der Waals surface area contributed by atoms with Crippen LogP contribution in [-0.2, 0) is 0 Å². The van der Waals surface area contributed by atoms with Gasteiger partial charge in [-0.2, -0.15) is 0 Å². The molecule has 0 heterocycles. The normalized spacial score (nSPS) is 0. The van der Waals surface area contributed by atoms with Crippen LogP contribution in [0.15, 0.2) is 0 Å². The molecule has 0 N–H and O–H groups in total. The molecule has 0 atom stereocenters. The van der Waals surface area contributed by atoms with E-state index in [0.29, 0.717) is 0 Å². The third-order valence-electron chi connectivity index (χ3n) is 0. The van der Waals surface area contributed by atoms with Crippen molar-refractivity contribution in [1.82, 2.24) is 0 Å². The molecule has 0 aliphatic heterocycles. The summed E-state index contributed by atoms with van der Waals surface area (Å²) in [5, 5.41) is 0. The van der Waals surface area contributed by atoms with Gasteiger partial charge in [0.05, 0.1) is 0 Å². The summed E-state index contributed by atoms with van der Waals surface area (Å²) in [6.45, 7) is 0. The topological polar surface area (TPSA) is 0 Å². The van der Waals surface area contributed by atoms with E-state index in [0.717, 1.165) is 0 Å². The molecule has 0 radical (unpaired) electrons. The Kier molecular flexibility index (Phi) is 333. The zero-order valence-electron chi connectivity index (χ0n) is 6.90. The van der Waals surface area contributed by atoms with Crippen molar-refractivity contribution >= 4 is 62.6 Å². The Morgan fingerprint density at radius 3 is 1.00 bits per heavy atom. The van der Waals surface area contributed by atoms with Crippen LogP contribution in [0.1, 0.15) is 4.28 Å². The molecule has 0 saturated carbocycles. The Hall–Kier alpha value is 3.73. The van der Waals surface area contributed by atoms with Crippen molar-refractivity contribution in [1.29, 1.82) is 0 Å². The molecular formula is H5CaCl3LiNa.